The summed E-state index contributed by atoms with van der Waals surface area (Å²) >= 11 is 0. The molecule has 2 heterocycles. The van der Waals surface area contributed by atoms with Crippen LogP contribution in [0.15, 0.2) is 23.0 Å². The lowest BCUT2D eigenvalue weighted by molar-refractivity contribution is 0.200. The molecular weight excluding hydrogens is 318 g/mol. The second-order valence-electron chi connectivity index (χ2n) is 6.20. The van der Waals surface area contributed by atoms with Crippen molar-refractivity contribution in [2.24, 2.45) is 0 Å². The Morgan fingerprint density at radius 3 is 2.36 bits per heavy atom. The highest BCUT2D eigenvalue weighted by molar-refractivity contribution is 5.79. The number of rotatable bonds is 4. The highest BCUT2D eigenvalue weighted by Crippen LogP contribution is 2.29. The molecule has 130 valence electrons. The van der Waals surface area contributed by atoms with E-state index in [4.69, 9.17) is 9.84 Å². The molecule has 2 aromatic heterocycles. The van der Waals surface area contributed by atoms with E-state index in [1.54, 1.807) is 0 Å². The summed E-state index contributed by atoms with van der Waals surface area (Å²) in [6.45, 7) is 7.83. The van der Waals surface area contributed by atoms with Gasteiger partial charge in [0.2, 0.25) is 0 Å². The summed E-state index contributed by atoms with van der Waals surface area (Å²) in [6.07, 6.45) is 0. The van der Waals surface area contributed by atoms with Gasteiger partial charge in [0.05, 0.1) is 12.0 Å². The summed E-state index contributed by atoms with van der Waals surface area (Å²) in [5.41, 5.74) is 4.58. The molecule has 25 heavy (non-hydrogen) atoms. The lowest BCUT2D eigenvalue weighted by Crippen LogP contribution is -2.12. The predicted molar refractivity (Wildman–Crippen MR) is 97.1 cm³/mol. The Bertz CT molecular complexity index is 986. The molecule has 0 amide bonds. The molecule has 0 radical (unpaired) electrons. The van der Waals surface area contributed by atoms with E-state index >= 15 is 0 Å². The number of pyridine rings is 1. The largest absolute Gasteiger partial charge is 0.491 e. The third-order valence-corrected chi connectivity index (χ3v) is 4.07. The van der Waals surface area contributed by atoms with Gasteiger partial charge < -0.3 is 14.8 Å². The zero-order valence-corrected chi connectivity index (χ0v) is 14.8. The number of fused-ring (bicyclic) bond motifs is 1. The number of hydrogen-bond donors (Lipinski definition) is 2. The fourth-order valence-electron chi connectivity index (χ4n) is 3.08. The molecule has 0 spiro atoms. The van der Waals surface area contributed by atoms with Crippen molar-refractivity contribution in [1.29, 1.82) is 0 Å². The van der Waals surface area contributed by atoms with E-state index < -0.39 is 0 Å². The van der Waals surface area contributed by atoms with Crippen LogP contribution in [0, 0.1) is 27.7 Å². The first kappa shape index (κ1) is 17.1. The van der Waals surface area contributed by atoms with Crippen LogP contribution in [0.2, 0.25) is 0 Å². The Labute approximate surface area is 145 Å². The number of aliphatic hydroxyl groups excluding tert-OH is 1. The number of hydrogen-bond acceptors (Lipinski definition) is 5. The van der Waals surface area contributed by atoms with Gasteiger partial charge >= 0.3 is 0 Å². The summed E-state index contributed by atoms with van der Waals surface area (Å²) in [5, 5.41) is 9.46. The molecule has 0 aliphatic carbocycles. The van der Waals surface area contributed by atoms with Gasteiger partial charge in [-0.05, 0) is 62.6 Å². The van der Waals surface area contributed by atoms with Crippen LogP contribution in [0.5, 0.6) is 5.75 Å². The number of benzene rings is 1. The summed E-state index contributed by atoms with van der Waals surface area (Å²) in [5.74, 6) is 1.22. The van der Waals surface area contributed by atoms with Crippen LogP contribution in [0.25, 0.3) is 22.4 Å². The quantitative estimate of drug-likeness (QED) is 0.763. The number of nitrogens with one attached hydrogen (secondary N) is 1. The van der Waals surface area contributed by atoms with Gasteiger partial charge in [0.1, 0.15) is 18.2 Å². The van der Waals surface area contributed by atoms with E-state index in [1.165, 1.54) is 0 Å². The molecule has 6 nitrogen and oxygen atoms in total. The lowest BCUT2D eigenvalue weighted by atomic mass is 10.0. The minimum atomic E-state index is -0.194. The maximum Gasteiger partial charge on any atom is 0.260 e. The smallest absolute Gasteiger partial charge is 0.260 e. The number of aromatic nitrogens is 3. The molecule has 0 fully saturated rings. The molecular formula is C19H21N3O3. The lowest BCUT2D eigenvalue weighted by Gasteiger charge is -2.13. The average Bonchev–Trinajstić information content (AvgIpc) is 2.52. The number of aliphatic hydroxyl groups is 1. The van der Waals surface area contributed by atoms with Gasteiger partial charge in [-0.3, -0.25) is 4.79 Å². The van der Waals surface area contributed by atoms with Crippen LogP contribution in [0.3, 0.4) is 0 Å². The maximum atomic E-state index is 12.5. The van der Waals surface area contributed by atoms with Crippen LogP contribution in [0.1, 0.15) is 22.4 Å². The number of nitrogens with zero attached hydrogens (tertiary/aromatic N) is 2. The molecule has 3 aromatic rings. The molecule has 0 saturated heterocycles. The van der Waals surface area contributed by atoms with E-state index in [9.17, 15) is 4.79 Å². The second-order valence-corrected chi connectivity index (χ2v) is 6.20. The number of ether oxygens (including phenoxy) is 1. The van der Waals surface area contributed by atoms with Gasteiger partial charge in [-0.1, -0.05) is 0 Å². The first-order valence-electron chi connectivity index (χ1n) is 8.14. The third-order valence-electron chi connectivity index (χ3n) is 4.07. The molecule has 2 N–H and O–H groups in total. The predicted octanol–water partition coefficient (Wildman–Crippen LogP) is 2.59. The molecule has 0 atom stereocenters. The van der Waals surface area contributed by atoms with Crippen LogP contribution < -0.4 is 10.3 Å². The van der Waals surface area contributed by atoms with E-state index in [2.05, 4.69) is 15.0 Å². The Hall–Kier alpha value is -2.73. The van der Waals surface area contributed by atoms with Crippen molar-refractivity contribution in [2.75, 3.05) is 13.2 Å². The maximum absolute atomic E-state index is 12.5. The van der Waals surface area contributed by atoms with Gasteiger partial charge in [0.15, 0.2) is 5.65 Å². The van der Waals surface area contributed by atoms with E-state index in [1.807, 2.05) is 45.9 Å². The minimum absolute atomic E-state index is 0.0372. The summed E-state index contributed by atoms with van der Waals surface area (Å²) in [6, 6.07) is 5.69. The highest BCUT2D eigenvalue weighted by atomic mass is 16.5. The van der Waals surface area contributed by atoms with Gasteiger partial charge in [-0.25, -0.2) is 9.97 Å². The van der Waals surface area contributed by atoms with Gasteiger partial charge in [-0.2, -0.15) is 0 Å². The Kier molecular flexibility index (Phi) is 4.55. The molecule has 0 bridgehead atoms. The van der Waals surface area contributed by atoms with Crippen molar-refractivity contribution in [1.82, 2.24) is 15.0 Å². The fraction of sp³-hybridized carbons (Fsp3) is 0.316. The van der Waals surface area contributed by atoms with Gasteiger partial charge in [0, 0.05) is 11.3 Å². The fourth-order valence-corrected chi connectivity index (χ4v) is 3.08. The van der Waals surface area contributed by atoms with Crippen molar-refractivity contribution < 1.29 is 9.84 Å². The summed E-state index contributed by atoms with van der Waals surface area (Å²) < 4.78 is 5.58. The van der Waals surface area contributed by atoms with Gasteiger partial charge in [-0.15, -0.1) is 0 Å². The molecule has 6 heteroatoms. The van der Waals surface area contributed by atoms with Crippen molar-refractivity contribution >= 4 is 11.0 Å². The third kappa shape index (κ3) is 3.25. The van der Waals surface area contributed by atoms with Crippen molar-refractivity contribution in [3.8, 4) is 17.1 Å². The molecule has 3 rings (SSSR count). The Morgan fingerprint density at radius 1 is 1.04 bits per heavy atom. The highest BCUT2D eigenvalue weighted by Gasteiger charge is 2.13. The topological polar surface area (TPSA) is 88.1 Å². The number of H-pyrrole nitrogens is 1. The minimum Gasteiger partial charge on any atom is -0.491 e. The van der Waals surface area contributed by atoms with Crippen LogP contribution in [0.4, 0.5) is 0 Å². The summed E-state index contributed by atoms with van der Waals surface area (Å²) in [7, 11) is 0. The number of aryl methyl sites for hydroxylation is 4. The van der Waals surface area contributed by atoms with Crippen molar-refractivity contribution in [2.45, 2.75) is 27.7 Å². The molecule has 0 aliphatic rings. The van der Waals surface area contributed by atoms with E-state index in [-0.39, 0.29) is 18.8 Å². The zero-order valence-electron chi connectivity index (χ0n) is 14.8. The Balaban J connectivity index is 2.15. The van der Waals surface area contributed by atoms with Crippen LogP contribution >= 0.6 is 0 Å². The van der Waals surface area contributed by atoms with E-state index in [0.29, 0.717) is 16.9 Å². The SMILES string of the molecule is Cc1cc(C)c2c(=O)[nH]c(-c3cc(C)c(OCCO)c(C)c3)nc2n1. The van der Waals surface area contributed by atoms with Crippen LogP contribution in [-0.2, 0) is 0 Å². The van der Waals surface area contributed by atoms with Crippen LogP contribution in [-0.4, -0.2) is 33.3 Å². The zero-order chi connectivity index (χ0) is 18.1. The molecule has 0 aliphatic heterocycles. The Morgan fingerprint density at radius 2 is 1.72 bits per heavy atom. The van der Waals surface area contributed by atoms with Crippen molar-refractivity contribution in [3.05, 3.63) is 50.9 Å². The first-order chi connectivity index (χ1) is 11.9. The van der Waals surface area contributed by atoms with Crippen molar-refractivity contribution in [3.63, 3.8) is 0 Å². The molecule has 0 unspecified atom stereocenters. The monoisotopic (exact) mass is 339 g/mol. The standard InChI is InChI=1S/C19H21N3O3/c1-10-7-13(4)20-18-15(10)19(24)22-17(21-18)14-8-11(2)16(12(3)9-14)25-6-5-23/h7-9,23H,5-6H2,1-4H3,(H,20,21,22,24). The summed E-state index contributed by atoms with van der Waals surface area (Å²) in [4.78, 5) is 24.3. The number of aromatic amines is 1. The van der Waals surface area contributed by atoms with Gasteiger partial charge in [0.25, 0.3) is 5.56 Å². The molecule has 0 saturated carbocycles. The average molecular weight is 339 g/mol. The molecule has 1 aromatic carbocycles. The normalized spacial score (nSPS) is 11.1. The second kappa shape index (κ2) is 6.64. The first-order valence-corrected chi connectivity index (χ1v) is 8.14. The van der Waals surface area contributed by atoms with E-state index in [0.717, 1.165) is 33.7 Å².